The predicted molar refractivity (Wildman–Crippen MR) is 81.0 cm³/mol. The third-order valence-corrected chi connectivity index (χ3v) is 4.54. The van der Waals surface area contributed by atoms with Gasteiger partial charge in [-0.2, -0.15) is 0 Å². The van der Waals surface area contributed by atoms with E-state index in [0.717, 1.165) is 25.8 Å². The molecule has 1 aliphatic rings. The van der Waals surface area contributed by atoms with Crippen LogP contribution in [0.1, 0.15) is 42.8 Å². The highest BCUT2D eigenvalue weighted by molar-refractivity contribution is 7.18. The van der Waals surface area contributed by atoms with E-state index in [1.807, 2.05) is 0 Å². The number of carbonyl (C=O) groups excluding carboxylic acids is 1. The van der Waals surface area contributed by atoms with Crippen LogP contribution < -0.4 is 16.4 Å². The lowest BCUT2D eigenvalue weighted by Gasteiger charge is -2.40. The van der Waals surface area contributed by atoms with E-state index in [1.165, 1.54) is 11.3 Å². The molecule has 0 bridgehead atoms. The minimum absolute atomic E-state index is 0.0318. The third-order valence-electron chi connectivity index (χ3n) is 3.51. The number of aromatic nitrogens is 1. The summed E-state index contributed by atoms with van der Waals surface area (Å²) >= 11 is 1.25. The fourth-order valence-corrected chi connectivity index (χ4v) is 2.87. The summed E-state index contributed by atoms with van der Waals surface area (Å²) in [5, 5.41) is 16.1. The van der Waals surface area contributed by atoms with Gasteiger partial charge in [-0.25, -0.2) is 4.98 Å². The molecule has 5 N–H and O–H groups in total. The van der Waals surface area contributed by atoms with Crippen LogP contribution >= 0.6 is 11.3 Å². The molecule has 0 radical (unpaired) electrons. The van der Waals surface area contributed by atoms with Gasteiger partial charge in [0.15, 0.2) is 5.13 Å². The van der Waals surface area contributed by atoms with Gasteiger partial charge in [0.2, 0.25) is 0 Å². The minimum Gasteiger partial charge on any atom is -0.394 e. The Balaban J connectivity index is 2.02. The molecule has 1 saturated carbocycles. The molecule has 6 nitrogen and oxygen atoms in total. The van der Waals surface area contributed by atoms with Crippen LogP contribution in [0.3, 0.4) is 0 Å². The van der Waals surface area contributed by atoms with Gasteiger partial charge in [-0.15, -0.1) is 0 Å². The second kappa shape index (κ2) is 5.97. The van der Waals surface area contributed by atoms with Crippen molar-refractivity contribution in [3.8, 4) is 0 Å². The maximum Gasteiger partial charge on any atom is 0.265 e. The number of hydrogen-bond acceptors (Lipinski definition) is 6. The number of anilines is 2. The zero-order chi connectivity index (χ0) is 14.8. The largest absolute Gasteiger partial charge is 0.394 e. The quantitative estimate of drug-likeness (QED) is 0.637. The van der Waals surface area contributed by atoms with E-state index < -0.39 is 5.54 Å². The van der Waals surface area contributed by atoms with E-state index in [2.05, 4.69) is 29.5 Å². The smallest absolute Gasteiger partial charge is 0.265 e. The molecule has 1 heterocycles. The van der Waals surface area contributed by atoms with Crippen molar-refractivity contribution in [3.05, 3.63) is 4.88 Å². The lowest BCUT2D eigenvalue weighted by molar-refractivity contribution is 0.0645. The van der Waals surface area contributed by atoms with Crippen LogP contribution in [0, 0.1) is 5.92 Å². The van der Waals surface area contributed by atoms with Crippen molar-refractivity contribution in [2.45, 2.75) is 38.6 Å². The van der Waals surface area contributed by atoms with Crippen LogP contribution in [0.15, 0.2) is 0 Å². The van der Waals surface area contributed by atoms with Crippen LogP contribution in [0.5, 0.6) is 0 Å². The predicted octanol–water partition coefficient (Wildman–Crippen LogP) is 1.44. The number of hydrogen-bond donors (Lipinski definition) is 4. The van der Waals surface area contributed by atoms with Gasteiger partial charge in [-0.1, -0.05) is 25.2 Å². The maximum absolute atomic E-state index is 12.2. The maximum atomic E-state index is 12.2. The van der Waals surface area contributed by atoms with Gasteiger partial charge in [-0.3, -0.25) is 4.79 Å². The molecule has 20 heavy (non-hydrogen) atoms. The van der Waals surface area contributed by atoms with E-state index in [1.54, 1.807) is 0 Å². The Morgan fingerprint density at radius 2 is 2.25 bits per heavy atom. The first kappa shape index (κ1) is 15.1. The molecule has 1 fully saturated rings. The number of aliphatic hydroxyl groups is 1. The second-order valence-electron chi connectivity index (χ2n) is 5.75. The monoisotopic (exact) mass is 298 g/mol. The average molecular weight is 298 g/mol. The number of aliphatic hydroxyl groups excluding tert-OH is 1. The van der Waals surface area contributed by atoms with Gasteiger partial charge < -0.3 is 21.5 Å². The lowest BCUT2D eigenvalue weighted by atomic mass is 9.77. The zero-order valence-electron chi connectivity index (χ0n) is 11.9. The summed E-state index contributed by atoms with van der Waals surface area (Å²) in [4.78, 5) is 16.8. The van der Waals surface area contributed by atoms with Crippen molar-refractivity contribution in [1.29, 1.82) is 0 Å². The van der Waals surface area contributed by atoms with Gasteiger partial charge in [0, 0.05) is 6.54 Å². The fraction of sp³-hybridized carbons (Fsp3) is 0.692. The first-order valence-electron chi connectivity index (χ1n) is 6.89. The number of carbonyl (C=O) groups is 1. The molecule has 2 rings (SSSR count). The minimum atomic E-state index is -0.459. The molecular weight excluding hydrogens is 276 g/mol. The van der Waals surface area contributed by atoms with Crippen molar-refractivity contribution in [2.75, 3.05) is 24.2 Å². The standard InChI is InChI=1S/C13H22N4O2S/c1-8(2)6-15-12-16-10(14)9(20-12)11(19)17-13(7-18)4-3-5-13/h8,18H,3-7,14H2,1-2H3,(H,15,16)(H,17,19). The van der Waals surface area contributed by atoms with Crippen molar-refractivity contribution < 1.29 is 9.90 Å². The average Bonchev–Trinajstić information content (AvgIpc) is 2.72. The molecular formula is C13H22N4O2S. The van der Waals surface area contributed by atoms with Gasteiger partial charge >= 0.3 is 0 Å². The van der Waals surface area contributed by atoms with E-state index in [0.29, 0.717) is 15.9 Å². The van der Waals surface area contributed by atoms with Gasteiger partial charge in [0.05, 0.1) is 12.1 Å². The first-order valence-corrected chi connectivity index (χ1v) is 7.71. The Hall–Kier alpha value is -1.34. The van der Waals surface area contributed by atoms with Gasteiger partial charge in [0.1, 0.15) is 10.7 Å². The van der Waals surface area contributed by atoms with E-state index >= 15 is 0 Å². The number of nitrogens with one attached hydrogen (secondary N) is 2. The highest BCUT2D eigenvalue weighted by Crippen LogP contribution is 2.33. The van der Waals surface area contributed by atoms with Gasteiger partial charge in [0.25, 0.3) is 5.91 Å². The number of thiazole rings is 1. The summed E-state index contributed by atoms with van der Waals surface area (Å²) in [5.74, 6) is 0.488. The van der Waals surface area contributed by atoms with E-state index in [4.69, 9.17) is 5.73 Å². The molecule has 0 saturated heterocycles. The molecule has 0 spiro atoms. The van der Waals surface area contributed by atoms with Crippen molar-refractivity contribution in [2.24, 2.45) is 5.92 Å². The SMILES string of the molecule is CC(C)CNc1nc(N)c(C(=O)NC2(CO)CCC2)s1. The highest BCUT2D eigenvalue weighted by atomic mass is 32.1. The Bertz CT molecular complexity index is 477. The zero-order valence-corrected chi connectivity index (χ0v) is 12.7. The molecule has 1 aromatic rings. The summed E-state index contributed by atoms with van der Waals surface area (Å²) in [5.41, 5.74) is 5.35. The van der Waals surface area contributed by atoms with Crippen LogP contribution in [-0.4, -0.2) is 34.7 Å². The molecule has 1 aliphatic carbocycles. The second-order valence-corrected chi connectivity index (χ2v) is 6.75. The topological polar surface area (TPSA) is 100 Å². The molecule has 7 heteroatoms. The highest BCUT2D eigenvalue weighted by Gasteiger charge is 2.38. The number of nitrogens with two attached hydrogens (primary N) is 1. The number of nitrogens with zero attached hydrogens (tertiary/aromatic N) is 1. The summed E-state index contributed by atoms with van der Waals surface area (Å²) in [6.07, 6.45) is 2.65. The van der Waals surface area contributed by atoms with Crippen LogP contribution in [-0.2, 0) is 0 Å². The number of nitrogen functional groups attached to an aromatic ring is 1. The summed E-state index contributed by atoms with van der Waals surface area (Å²) < 4.78 is 0. The van der Waals surface area contributed by atoms with Crippen molar-refractivity contribution >= 4 is 28.2 Å². The molecule has 0 atom stereocenters. The molecule has 112 valence electrons. The van der Waals surface area contributed by atoms with Crippen LogP contribution in [0.2, 0.25) is 0 Å². The van der Waals surface area contributed by atoms with Crippen molar-refractivity contribution in [1.82, 2.24) is 10.3 Å². The van der Waals surface area contributed by atoms with Crippen LogP contribution in [0.25, 0.3) is 0 Å². The Labute approximate surface area is 122 Å². The third kappa shape index (κ3) is 3.21. The summed E-state index contributed by atoms with van der Waals surface area (Å²) in [7, 11) is 0. The molecule has 0 unspecified atom stereocenters. The lowest BCUT2D eigenvalue weighted by Crippen LogP contribution is -2.56. The number of rotatable bonds is 6. The summed E-state index contributed by atoms with van der Waals surface area (Å²) in [6, 6.07) is 0. The number of amides is 1. The summed E-state index contributed by atoms with van der Waals surface area (Å²) in [6.45, 7) is 4.95. The molecule has 0 aliphatic heterocycles. The Morgan fingerprint density at radius 3 is 2.75 bits per heavy atom. The van der Waals surface area contributed by atoms with E-state index in [-0.39, 0.29) is 18.3 Å². The molecule has 1 amide bonds. The first-order chi connectivity index (χ1) is 9.46. The van der Waals surface area contributed by atoms with Crippen LogP contribution in [0.4, 0.5) is 10.9 Å². The molecule has 0 aromatic carbocycles. The normalized spacial score (nSPS) is 16.8. The molecule has 1 aromatic heterocycles. The van der Waals surface area contributed by atoms with Crippen molar-refractivity contribution in [3.63, 3.8) is 0 Å². The Morgan fingerprint density at radius 1 is 1.55 bits per heavy atom. The van der Waals surface area contributed by atoms with Gasteiger partial charge in [-0.05, 0) is 25.2 Å². The Kier molecular flexibility index (Phi) is 4.49. The fourth-order valence-electron chi connectivity index (χ4n) is 2.09. The van der Waals surface area contributed by atoms with E-state index in [9.17, 15) is 9.90 Å².